The van der Waals surface area contributed by atoms with Crippen LogP contribution in [-0.2, 0) is 0 Å². The molecule has 22 heavy (non-hydrogen) atoms. The Kier molecular flexibility index (Phi) is 5.15. The number of benzene rings is 2. The molecule has 0 radical (unpaired) electrons. The van der Waals surface area contributed by atoms with Crippen molar-refractivity contribution >= 4 is 11.4 Å². The fraction of sp³-hybridized carbons (Fsp3) is 0.105. The number of hydrogen-bond acceptors (Lipinski definition) is 3. The molecule has 0 unspecified atom stereocenters. The number of carbonyl (C=O) groups excluding carboxylic acids is 1. The summed E-state index contributed by atoms with van der Waals surface area (Å²) in [5.41, 5.74) is 1.80. The second kappa shape index (κ2) is 7.27. The van der Waals surface area contributed by atoms with Crippen LogP contribution in [0.4, 0.5) is 0 Å². The second-order valence-electron chi connectivity index (χ2n) is 4.66. The molecule has 0 aromatic heterocycles. The van der Waals surface area contributed by atoms with Crippen LogP contribution in [-0.4, -0.2) is 19.5 Å². The van der Waals surface area contributed by atoms with Crippen LogP contribution in [0.25, 0.3) is 5.57 Å². The Balaban J connectivity index is 2.12. The van der Waals surface area contributed by atoms with E-state index in [-0.39, 0.29) is 5.78 Å². The molecule has 0 fully saturated rings. The molecule has 0 aliphatic heterocycles. The summed E-state index contributed by atoms with van der Waals surface area (Å²) in [5, 5.41) is 0. The average Bonchev–Trinajstić information content (AvgIpc) is 2.59. The molecular formula is C19H18O3. The molecule has 0 bridgehead atoms. The molecular weight excluding hydrogens is 276 g/mol. The quantitative estimate of drug-likeness (QED) is 0.437. The Morgan fingerprint density at radius 3 is 2.09 bits per heavy atom. The Labute approximate surface area is 130 Å². The van der Waals surface area contributed by atoms with Crippen LogP contribution in [0.2, 0.25) is 0 Å². The van der Waals surface area contributed by atoms with Gasteiger partial charge < -0.3 is 9.47 Å². The van der Waals surface area contributed by atoms with Crippen molar-refractivity contribution in [3.63, 3.8) is 0 Å². The van der Waals surface area contributed by atoms with E-state index in [9.17, 15) is 4.79 Å². The Morgan fingerprint density at radius 2 is 1.55 bits per heavy atom. The maximum Gasteiger partial charge on any atom is 0.193 e. The van der Waals surface area contributed by atoms with Crippen molar-refractivity contribution in [1.82, 2.24) is 0 Å². The molecule has 0 aliphatic rings. The van der Waals surface area contributed by atoms with Crippen LogP contribution in [0.1, 0.15) is 15.9 Å². The normalized spacial score (nSPS) is 9.86. The third-order valence-electron chi connectivity index (χ3n) is 3.20. The third-order valence-corrected chi connectivity index (χ3v) is 3.20. The average molecular weight is 294 g/mol. The van der Waals surface area contributed by atoms with Crippen molar-refractivity contribution in [3.05, 3.63) is 78.9 Å². The smallest absolute Gasteiger partial charge is 0.193 e. The van der Waals surface area contributed by atoms with Crippen molar-refractivity contribution in [2.24, 2.45) is 0 Å². The lowest BCUT2D eigenvalue weighted by atomic mass is 9.98. The molecule has 0 saturated heterocycles. The molecule has 0 aliphatic carbocycles. The summed E-state index contributed by atoms with van der Waals surface area (Å²) < 4.78 is 10.5. The van der Waals surface area contributed by atoms with E-state index >= 15 is 0 Å². The number of methoxy groups -OCH3 is 1. The zero-order valence-corrected chi connectivity index (χ0v) is 12.5. The topological polar surface area (TPSA) is 35.5 Å². The first kappa shape index (κ1) is 15.6. The number of ketones is 1. The standard InChI is InChI=1S/C19H18O3/c1-4-13-22-18-11-7-16(8-12-18)19(20)14(2)15-5-9-17(21-3)10-6-15/h4-12H,1-2,13H2,3H3. The monoisotopic (exact) mass is 294 g/mol. The van der Waals surface area contributed by atoms with Crippen molar-refractivity contribution < 1.29 is 14.3 Å². The van der Waals surface area contributed by atoms with Gasteiger partial charge in [-0.25, -0.2) is 0 Å². The maximum atomic E-state index is 12.4. The fourth-order valence-corrected chi connectivity index (χ4v) is 1.96. The predicted molar refractivity (Wildman–Crippen MR) is 88.5 cm³/mol. The minimum atomic E-state index is -0.111. The minimum absolute atomic E-state index is 0.111. The molecule has 112 valence electrons. The van der Waals surface area contributed by atoms with Crippen LogP contribution in [0.5, 0.6) is 11.5 Å². The first-order chi connectivity index (χ1) is 10.7. The Bertz CT molecular complexity index is 667. The highest BCUT2D eigenvalue weighted by Crippen LogP contribution is 2.22. The predicted octanol–water partition coefficient (Wildman–Crippen LogP) is 4.16. The van der Waals surface area contributed by atoms with E-state index in [1.807, 2.05) is 12.1 Å². The van der Waals surface area contributed by atoms with Crippen molar-refractivity contribution in [2.75, 3.05) is 13.7 Å². The minimum Gasteiger partial charge on any atom is -0.497 e. The molecule has 0 heterocycles. The third kappa shape index (κ3) is 3.64. The van der Waals surface area contributed by atoms with Crippen LogP contribution >= 0.6 is 0 Å². The molecule has 2 rings (SSSR count). The van der Waals surface area contributed by atoms with E-state index in [1.54, 1.807) is 49.6 Å². The molecule has 3 nitrogen and oxygen atoms in total. The van der Waals surface area contributed by atoms with Gasteiger partial charge >= 0.3 is 0 Å². The number of ether oxygens (including phenoxy) is 2. The molecule has 0 saturated carbocycles. The van der Waals surface area contributed by atoms with Crippen LogP contribution < -0.4 is 9.47 Å². The number of allylic oxidation sites excluding steroid dienone is 1. The summed E-state index contributed by atoms with van der Waals surface area (Å²) in [6, 6.07) is 14.2. The first-order valence-electron chi connectivity index (χ1n) is 6.87. The first-order valence-corrected chi connectivity index (χ1v) is 6.87. The molecule has 0 amide bonds. The van der Waals surface area contributed by atoms with Gasteiger partial charge in [0.15, 0.2) is 5.78 Å². The number of carbonyl (C=O) groups is 1. The van der Waals surface area contributed by atoms with Crippen LogP contribution in [0.15, 0.2) is 67.8 Å². The summed E-state index contributed by atoms with van der Waals surface area (Å²) in [4.78, 5) is 12.4. The van der Waals surface area contributed by atoms with Crippen LogP contribution in [0.3, 0.4) is 0 Å². The highest BCUT2D eigenvalue weighted by atomic mass is 16.5. The summed E-state index contributed by atoms with van der Waals surface area (Å²) >= 11 is 0. The van der Waals surface area contributed by atoms with Gasteiger partial charge in [-0.15, -0.1) is 0 Å². The van der Waals surface area contributed by atoms with Gasteiger partial charge in [0.25, 0.3) is 0 Å². The number of hydrogen-bond donors (Lipinski definition) is 0. The van der Waals surface area contributed by atoms with Gasteiger partial charge in [0, 0.05) is 11.1 Å². The lowest BCUT2D eigenvalue weighted by Gasteiger charge is -2.08. The molecule has 2 aromatic carbocycles. The molecule has 0 N–H and O–H groups in total. The SMILES string of the molecule is C=CCOc1ccc(C(=O)C(=C)c2ccc(OC)cc2)cc1. The lowest BCUT2D eigenvalue weighted by Crippen LogP contribution is -2.02. The molecule has 2 aromatic rings. The Hall–Kier alpha value is -2.81. The summed E-state index contributed by atoms with van der Waals surface area (Å²) in [5.74, 6) is 1.33. The molecule has 0 atom stereocenters. The van der Waals surface area contributed by atoms with E-state index in [1.165, 1.54) is 0 Å². The zero-order valence-electron chi connectivity index (χ0n) is 12.5. The molecule has 3 heteroatoms. The summed E-state index contributed by atoms with van der Waals surface area (Å²) in [6.07, 6.45) is 1.67. The highest BCUT2D eigenvalue weighted by Gasteiger charge is 2.12. The van der Waals surface area contributed by atoms with Crippen molar-refractivity contribution in [3.8, 4) is 11.5 Å². The van der Waals surface area contributed by atoms with Gasteiger partial charge in [-0.05, 0) is 42.0 Å². The van der Waals surface area contributed by atoms with Crippen molar-refractivity contribution in [1.29, 1.82) is 0 Å². The highest BCUT2D eigenvalue weighted by molar-refractivity contribution is 6.28. The molecule has 0 spiro atoms. The van der Waals surface area contributed by atoms with Gasteiger partial charge in [-0.3, -0.25) is 4.79 Å². The lowest BCUT2D eigenvalue weighted by molar-refractivity contribution is 0.105. The maximum absolute atomic E-state index is 12.4. The van der Waals surface area contributed by atoms with Gasteiger partial charge in [-0.2, -0.15) is 0 Å². The van der Waals surface area contributed by atoms with Gasteiger partial charge in [-0.1, -0.05) is 31.4 Å². The van der Waals surface area contributed by atoms with Gasteiger partial charge in [0.2, 0.25) is 0 Å². The Morgan fingerprint density at radius 1 is 1.00 bits per heavy atom. The second-order valence-corrected chi connectivity index (χ2v) is 4.66. The van der Waals surface area contributed by atoms with Crippen LogP contribution in [0, 0.1) is 0 Å². The zero-order chi connectivity index (χ0) is 15.9. The number of rotatable bonds is 7. The van der Waals surface area contributed by atoms with E-state index in [2.05, 4.69) is 13.2 Å². The van der Waals surface area contributed by atoms with E-state index in [4.69, 9.17) is 9.47 Å². The van der Waals surface area contributed by atoms with Gasteiger partial charge in [0.05, 0.1) is 7.11 Å². The summed E-state index contributed by atoms with van der Waals surface area (Å²) in [6.45, 7) is 7.92. The number of Topliss-reactive ketones (excluding diaryl/α,β-unsaturated/α-hetero) is 1. The van der Waals surface area contributed by atoms with E-state index in [0.29, 0.717) is 23.5 Å². The largest absolute Gasteiger partial charge is 0.497 e. The van der Waals surface area contributed by atoms with Crippen molar-refractivity contribution in [2.45, 2.75) is 0 Å². The summed E-state index contributed by atoms with van der Waals surface area (Å²) in [7, 11) is 1.60. The fourth-order valence-electron chi connectivity index (χ4n) is 1.96. The van der Waals surface area contributed by atoms with E-state index < -0.39 is 0 Å². The van der Waals surface area contributed by atoms with E-state index in [0.717, 1.165) is 11.3 Å². The van der Waals surface area contributed by atoms with Gasteiger partial charge in [0.1, 0.15) is 18.1 Å².